The third-order valence-corrected chi connectivity index (χ3v) is 4.57. The van der Waals surface area contributed by atoms with E-state index in [9.17, 15) is 8.42 Å². The summed E-state index contributed by atoms with van der Waals surface area (Å²) in [5.41, 5.74) is 0. The lowest BCUT2D eigenvalue weighted by Gasteiger charge is -2.08. The zero-order valence-corrected chi connectivity index (χ0v) is 14.0. The van der Waals surface area contributed by atoms with Crippen LogP contribution in [0.4, 0.5) is 0 Å². The molecule has 0 aliphatic rings. The van der Waals surface area contributed by atoms with Gasteiger partial charge in [0.2, 0.25) is 10.0 Å². The Kier molecular flexibility index (Phi) is 7.78. The Labute approximate surface area is 137 Å². The summed E-state index contributed by atoms with van der Waals surface area (Å²) in [7, 11) is -1.84. The molecule has 0 heterocycles. The Hall–Kier alpha value is -1.18. The van der Waals surface area contributed by atoms with Gasteiger partial charge in [0, 0.05) is 26.7 Å². The third-order valence-electron chi connectivity index (χ3n) is 3.11. The lowest BCUT2D eigenvalue weighted by atomic mass is 10.1. The van der Waals surface area contributed by atoms with E-state index in [4.69, 9.17) is 4.74 Å². The number of methoxy groups -OCH3 is 1. The fraction of sp³-hybridized carbons (Fsp3) is 0.333. The van der Waals surface area contributed by atoms with Crippen LogP contribution in [-0.2, 0) is 14.8 Å². The second-order valence-corrected chi connectivity index (χ2v) is 6.42. The number of fused-ring (bicyclic) bond motifs is 1. The molecule has 122 valence electrons. The van der Waals surface area contributed by atoms with E-state index in [-0.39, 0.29) is 17.3 Å². The lowest BCUT2D eigenvalue weighted by molar-refractivity contribution is 0.199. The zero-order chi connectivity index (χ0) is 15.1. The number of rotatable bonds is 8. The summed E-state index contributed by atoms with van der Waals surface area (Å²) in [6.45, 7) is 2.22. The topological polar surface area (TPSA) is 67.4 Å². The van der Waals surface area contributed by atoms with Crippen molar-refractivity contribution in [3.8, 4) is 0 Å². The Morgan fingerprint density at radius 1 is 1.00 bits per heavy atom. The van der Waals surface area contributed by atoms with Crippen LogP contribution in [0, 0.1) is 0 Å². The lowest BCUT2D eigenvalue weighted by Crippen LogP contribution is -2.33. The smallest absolute Gasteiger partial charge is 0.240 e. The molecule has 0 aliphatic heterocycles. The molecule has 2 rings (SSSR count). The molecule has 0 spiro atoms. The van der Waals surface area contributed by atoms with Crippen LogP contribution in [0.15, 0.2) is 47.4 Å². The fourth-order valence-corrected chi connectivity index (χ4v) is 3.06. The molecule has 0 radical (unpaired) electrons. The van der Waals surface area contributed by atoms with Crippen LogP contribution < -0.4 is 10.0 Å². The van der Waals surface area contributed by atoms with Crippen LogP contribution in [0.3, 0.4) is 0 Å². The van der Waals surface area contributed by atoms with Crippen molar-refractivity contribution in [3.05, 3.63) is 42.5 Å². The Bertz CT molecular complexity index is 692. The van der Waals surface area contributed by atoms with Crippen molar-refractivity contribution in [2.45, 2.75) is 4.90 Å². The first-order valence-corrected chi connectivity index (χ1v) is 8.30. The van der Waals surface area contributed by atoms with Crippen molar-refractivity contribution in [1.29, 1.82) is 0 Å². The van der Waals surface area contributed by atoms with Gasteiger partial charge in [0.1, 0.15) is 0 Å². The van der Waals surface area contributed by atoms with Crippen molar-refractivity contribution in [2.75, 3.05) is 33.4 Å². The second kappa shape index (κ2) is 9.07. The van der Waals surface area contributed by atoms with Crippen LogP contribution in [-0.4, -0.2) is 41.8 Å². The molecule has 2 N–H and O–H groups in total. The van der Waals surface area contributed by atoms with Crippen LogP contribution in [0.1, 0.15) is 0 Å². The third kappa shape index (κ3) is 5.23. The van der Waals surface area contributed by atoms with Gasteiger partial charge in [-0.2, -0.15) is 0 Å². The Morgan fingerprint density at radius 2 is 1.73 bits per heavy atom. The average Bonchev–Trinajstić information content (AvgIpc) is 2.50. The predicted octanol–water partition coefficient (Wildman–Crippen LogP) is 1.78. The van der Waals surface area contributed by atoms with E-state index in [1.807, 2.05) is 30.3 Å². The van der Waals surface area contributed by atoms with E-state index in [1.165, 1.54) is 0 Å². The van der Waals surface area contributed by atoms with E-state index < -0.39 is 10.0 Å². The van der Waals surface area contributed by atoms with E-state index in [0.717, 1.165) is 10.8 Å². The number of sulfonamides is 1. The monoisotopic (exact) mass is 344 g/mol. The second-order valence-electron chi connectivity index (χ2n) is 4.65. The standard InChI is InChI=1S/C15H20N2O3S.ClH/c1-20-11-10-16-8-9-17-21(18,19)15-7-6-13-4-2-3-5-14(13)12-15;/h2-7,12,16-17H,8-11H2,1H3;1H. The number of halogens is 1. The highest BCUT2D eigenvalue weighted by atomic mass is 35.5. The van der Waals surface area contributed by atoms with Gasteiger partial charge >= 0.3 is 0 Å². The summed E-state index contributed by atoms with van der Waals surface area (Å²) in [5, 5.41) is 5.03. The maximum absolute atomic E-state index is 12.2. The highest BCUT2D eigenvalue weighted by Gasteiger charge is 2.13. The van der Waals surface area contributed by atoms with E-state index in [2.05, 4.69) is 10.0 Å². The minimum absolute atomic E-state index is 0. The molecule has 0 aliphatic carbocycles. The largest absolute Gasteiger partial charge is 0.383 e. The maximum atomic E-state index is 12.2. The van der Waals surface area contributed by atoms with Crippen LogP contribution >= 0.6 is 12.4 Å². The van der Waals surface area contributed by atoms with E-state index >= 15 is 0 Å². The highest BCUT2D eigenvalue weighted by Crippen LogP contribution is 2.18. The minimum atomic E-state index is -3.47. The normalized spacial score (nSPS) is 11.3. The number of nitrogens with one attached hydrogen (secondary N) is 2. The molecule has 7 heteroatoms. The molecule has 0 aromatic heterocycles. The Balaban J connectivity index is 0.00000242. The molecule has 0 bridgehead atoms. The van der Waals surface area contributed by atoms with Crippen LogP contribution in [0.2, 0.25) is 0 Å². The van der Waals surface area contributed by atoms with Crippen molar-refractivity contribution in [2.24, 2.45) is 0 Å². The molecular weight excluding hydrogens is 324 g/mol. The van der Waals surface area contributed by atoms with Crippen molar-refractivity contribution in [1.82, 2.24) is 10.0 Å². The first kappa shape index (κ1) is 18.9. The van der Waals surface area contributed by atoms with Gasteiger partial charge in [0.25, 0.3) is 0 Å². The predicted molar refractivity (Wildman–Crippen MR) is 91.1 cm³/mol. The molecule has 22 heavy (non-hydrogen) atoms. The molecule has 0 unspecified atom stereocenters. The molecule has 0 saturated carbocycles. The van der Waals surface area contributed by atoms with Gasteiger partial charge in [-0.15, -0.1) is 12.4 Å². The van der Waals surface area contributed by atoms with Gasteiger partial charge < -0.3 is 10.1 Å². The number of benzene rings is 2. The van der Waals surface area contributed by atoms with Crippen molar-refractivity contribution in [3.63, 3.8) is 0 Å². The summed E-state index contributed by atoms with van der Waals surface area (Å²) in [6.07, 6.45) is 0. The summed E-state index contributed by atoms with van der Waals surface area (Å²) < 4.78 is 31.9. The number of hydrogen-bond donors (Lipinski definition) is 2. The molecule has 0 fully saturated rings. The molecule has 0 atom stereocenters. The van der Waals surface area contributed by atoms with Gasteiger partial charge in [0.05, 0.1) is 11.5 Å². The maximum Gasteiger partial charge on any atom is 0.240 e. The van der Waals surface area contributed by atoms with Gasteiger partial charge in [-0.1, -0.05) is 30.3 Å². The van der Waals surface area contributed by atoms with Gasteiger partial charge in [-0.05, 0) is 22.9 Å². The summed E-state index contributed by atoms with van der Waals surface area (Å²) >= 11 is 0. The molecular formula is C15H21ClN2O3S. The number of hydrogen-bond acceptors (Lipinski definition) is 4. The van der Waals surface area contributed by atoms with Gasteiger partial charge in [-0.25, -0.2) is 13.1 Å². The fourth-order valence-electron chi connectivity index (χ4n) is 1.99. The van der Waals surface area contributed by atoms with Gasteiger partial charge in [0.15, 0.2) is 0 Å². The summed E-state index contributed by atoms with van der Waals surface area (Å²) in [6, 6.07) is 12.8. The SMILES string of the molecule is COCCNCCNS(=O)(=O)c1ccc2ccccc2c1.Cl. The molecule has 0 saturated heterocycles. The zero-order valence-electron chi connectivity index (χ0n) is 12.4. The van der Waals surface area contributed by atoms with Crippen LogP contribution in [0.5, 0.6) is 0 Å². The summed E-state index contributed by atoms with van der Waals surface area (Å²) in [4.78, 5) is 0.290. The highest BCUT2D eigenvalue weighted by molar-refractivity contribution is 7.89. The molecule has 2 aromatic rings. The first-order valence-electron chi connectivity index (χ1n) is 6.81. The molecule has 2 aromatic carbocycles. The molecule has 0 amide bonds. The van der Waals surface area contributed by atoms with Crippen molar-refractivity contribution < 1.29 is 13.2 Å². The average molecular weight is 345 g/mol. The minimum Gasteiger partial charge on any atom is -0.383 e. The quantitative estimate of drug-likeness (QED) is 0.716. The Morgan fingerprint density at radius 3 is 2.45 bits per heavy atom. The summed E-state index contributed by atoms with van der Waals surface area (Å²) in [5.74, 6) is 0. The molecule has 5 nitrogen and oxygen atoms in total. The van der Waals surface area contributed by atoms with Gasteiger partial charge in [-0.3, -0.25) is 0 Å². The number of ether oxygens (including phenoxy) is 1. The van der Waals surface area contributed by atoms with E-state index in [0.29, 0.717) is 26.2 Å². The first-order chi connectivity index (χ1) is 10.1. The van der Waals surface area contributed by atoms with Crippen LogP contribution in [0.25, 0.3) is 10.8 Å². The van der Waals surface area contributed by atoms with Crippen molar-refractivity contribution >= 4 is 33.2 Å². The van der Waals surface area contributed by atoms with E-state index in [1.54, 1.807) is 19.2 Å².